The number of carboxylic acids is 1. The van der Waals surface area contributed by atoms with Gasteiger partial charge in [0.05, 0.1) is 18.9 Å². The summed E-state index contributed by atoms with van der Waals surface area (Å²) in [5.74, 6) is -3.65. The highest BCUT2D eigenvalue weighted by Gasteiger charge is 2.67. The van der Waals surface area contributed by atoms with Crippen LogP contribution in [0.25, 0.3) is 0 Å². The first-order chi connectivity index (χ1) is 19.5. The summed E-state index contributed by atoms with van der Waals surface area (Å²) in [6, 6.07) is 9.37. The maximum absolute atomic E-state index is 13.3. The van der Waals surface area contributed by atoms with E-state index in [1.807, 2.05) is 49.3 Å². The Morgan fingerprint density at radius 1 is 1.14 bits per heavy atom. The molecule has 3 aliphatic carbocycles. The van der Waals surface area contributed by atoms with Gasteiger partial charge < -0.3 is 30.1 Å². The first-order valence-electron chi connectivity index (χ1n) is 14.6. The van der Waals surface area contributed by atoms with Gasteiger partial charge in [-0.25, -0.2) is 0 Å². The van der Waals surface area contributed by atoms with Gasteiger partial charge in [-0.2, -0.15) is 0 Å². The molecule has 42 heavy (non-hydrogen) atoms. The van der Waals surface area contributed by atoms with Crippen LogP contribution >= 0.6 is 0 Å². The Kier molecular flexibility index (Phi) is 8.66. The van der Waals surface area contributed by atoms with E-state index in [0.29, 0.717) is 5.57 Å². The first kappa shape index (κ1) is 32.1. The van der Waals surface area contributed by atoms with Gasteiger partial charge in [-0.15, -0.1) is 0 Å². The van der Waals surface area contributed by atoms with Gasteiger partial charge in [-0.1, -0.05) is 57.7 Å². The number of carboxylic acid groups (broad SMARTS) is 1. The van der Waals surface area contributed by atoms with Gasteiger partial charge in [0.2, 0.25) is 0 Å². The van der Waals surface area contributed by atoms with E-state index in [1.54, 1.807) is 27.7 Å². The van der Waals surface area contributed by atoms with E-state index in [1.165, 1.54) is 0 Å². The van der Waals surface area contributed by atoms with Crippen LogP contribution in [0, 0.1) is 22.7 Å². The Hall–Kier alpha value is -2.85. The van der Waals surface area contributed by atoms with Crippen LogP contribution in [0.15, 0.2) is 53.6 Å². The number of aliphatic hydroxyl groups is 3. The maximum atomic E-state index is 13.3. The summed E-state index contributed by atoms with van der Waals surface area (Å²) in [5, 5.41) is 46.1. The number of aliphatic carboxylic acids is 1. The molecular formula is C33H45NO8. The number of nitrogens with zero attached hydrogens (tertiary/aromatic N) is 1. The first-order valence-corrected chi connectivity index (χ1v) is 14.6. The zero-order valence-electron chi connectivity index (χ0n) is 25.5. The monoisotopic (exact) mass is 583 g/mol. The highest BCUT2D eigenvalue weighted by Crippen LogP contribution is 2.62. The summed E-state index contributed by atoms with van der Waals surface area (Å²) in [6.07, 6.45) is -4.03. The van der Waals surface area contributed by atoms with Gasteiger partial charge >= 0.3 is 11.9 Å². The molecule has 0 heterocycles. The van der Waals surface area contributed by atoms with E-state index in [2.05, 4.69) is 6.58 Å². The van der Waals surface area contributed by atoms with Crippen LogP contribution in [0.4, 0.5) is 0 Å². The minimum absolute atomic E-state index is 0.0273. The lowest BCUT2D eigenvalue weighted by atomic mass is 9.45. The van der Waals surface area contributed by atoms with Crippen LogP contribution in [-0.2, 0) is 19.1 Å². The molecule has 4 rings (SSSR count). The number of carbonyl (C=O) groups is 3. The third-order valence-corrected chi connectivity index (χ3v) is 10.6. The minimum Gasteiger partial charge on any atom is -0.481 e. The minimum atomic E-state index is -2.25. The number of benzene rings is 1. The van der Waals surface area contributed by atoms with Crippen molar-refractivity contribution < 1.29 is 39.5 Å². The Morgan fingerprint density at radius 3 is 2.33 bits per heavy atom. The molecule has 0 aromatic heterocycles. The molecule has 0 radical (unpaired) electrons. The van der Waals surface area contributed by atoms with Crippen molar-refractivity contribution in [1.82, 2.24) is 4.90 Å². The number of fused-ring (bicyclic) bond motifs is 3. The van der Waals surface area contributed by atoms with Crippen molar-refractivity contribution in [2.45, 2.75) is 89.8 Å². The third kappa shape index (κ3) is 5.14. The number of aliphatic hydroxyl groups excluding tert-OH is 2. The van der Waals surface area contributed by atoms with Crippen molar-refractivity contribution in [2.75, 3.05) is 14.1 Å². The summed E-state index contributed by atoms with van der Waals surface area (Å²) in [4.78, 5) is 40.5. The predicted molar refractivity (Wildman–Crippen MR) is 156 cm³/mol. The van der Waals surface area contributed by atoms with E-state index < -0.39 is 64.9 Å². The van der Waals surface area contributed by atoms with Crippen LogP contribution < -0.4 is 0 Å². The molecule has 0 amide bonds. The van der Waals surface area contributed by atoms with Gasteiger partial charge in [0.15, 0.2) is 5.78 Å². The molecule has 4 N–H and O–H groups in total. The number of hydrogen-bond donors (Lipinski definition) is 4. The second-order valence-corrected chi connectivity index (χ2v) is 13.5. The van der Waals surface area contributed by atoms with Gasteiger partial charge in [0.25, 0.3) is 0 Å². The highest BCUT2D eigenvalue weighted by molar-refractivity contribution is 5.97. The number of hydrogen-bond acceptors (Lipinski definition) is 8. The second kappa shape index (κ2) is 11.3. The van der Waals surface area contributed by atoms with Gasteiger partial charge in [0, 0.05) is 29.7 Å². The van der Waals surface area contributed by atoms with Crippen molar-refractivity contribution in [3.63, 3.8) is 0 Å². The second-order valence-electron chi connectivity index (χ2n) is 13.5. The summed E-state index contributed by atoms with van der Waals surface area (Å²) >= 11 is 0. The van der Waals surface area contributed by atoms with Crippen molar-refractivity contribution in [3.05, 3.63) is 59.2 Å². The van der Waals surface area contributed by atoms with Crippen LogP contribution in [0.2, 0.25) is 0 Å². The third-order valence-electron chi connectivity index (χ3n) is 10.6. The molecule has 0 spiro atoms. The molecule has 2 bridgehead atoms. The normalized spacial score (nSPS) is 35.2. The molecule has 0 saturated heterocycles. The Labute approximate surface area is 247 Å². The number of esters is 1. The van der Waals surface area contributed by atoms with Gasteiger partial charge in [-0.3, -0.25) is 14.4 Å². The van der Waals surface area contributed by atoms with E-state index in [9.17, 15) is 34.8 Å². The van der Waals surface area contributed by atoms with Gasteiger partial charge in [0.1, 0.15) is 17.8 Å². The van der Waals surface area contributed by atoms with Crippen molar-refractivity contribution in [2.24, 2.45) is 22.7 Å². The summed E-state index contributed by atoms with van der Waals surface area (Å²) in [5.41, 5.74) is -2.69. The molecule has 0 aliphatic heterocycles. The molecule has 1 aromatic rings. The fourth-order valence-electron chi connectivity index (χ4n) is 8.10. The number of ketones is 1. The van der Waals surface area contributed by atoms with Crippen LogP contribution in [0.1, 0.15) is 71.4 Å². The van der Waals surface area contributed by atoms with Crippen LogP contribution in [0.3, 0.4) is 0 Å². The SMILES string of the molecule is C=C1[C@@H](OC(=O)CC(c2ccccc2)N(C)C)CC[C@]2(C)[C@@H]1[C@@H](O)[C@@H]1CC(=O)C(C)=C([C@@H](O)[C@@]2(O)CC(=O)O)C1(C)C. The lowest BCUT2D eigenvalue weighted by Crippen LogP contribution is -2.68. The number of carbonyl (C=O) groups excluding carboxylic acids is 2. The Morgan fingerprint density at radius 2 is 1.76 bits per heavy atom. The Balaban J connectivity index is 1.73. The predicted octanol–water partition coefficient (Wildman–Crippen LogP) is 3.44. The topological polar surface area (TPSA) is 145 Å². The van der Waals surface area contributed by atoms with E-state index in [4.69, 9.17) is 4.74 Å². The molecule has 8 atom stereocenters. The average molecular weight is 584 g/mol. The quantitative estimate of drug-likeness (QED) is 0.280. The van der Waals surface area contributed by atoms with E-state index in [0.717, 1.165) is 5.56 Å². The lowest BCUT2D eigenvalue weighted by molar-refractivity contribution is -0.218. The molecular weight excluding hydrogens is 538 g/mol. The molecule has 9 heteroatoms. The standard InChI is InChI=1S/C33H45NO8/c1-18-23(35)15-21-29(39)27-19(2)24(42-26(38)16-22(34(6)7)20-11-9-8-10-12-20)13-14-32(27,5)33(41,17-25(36)37)30(40)28(18)31(21,3)4/h8-12,21-22,24,27,29-30,39-41H,2,13-17H2,1,3-7H3,(H,36,37)/t21-,22?,24-,27-,29-,30+,32+,33-/m0/s1. The molecule has 1 unspecified atom stereocenters. The van der Waals surface area contributed by atoms with Crippen LogP contribution in [0.5, 0.6) is 0 Å². The number of Topliss-reactive ketones (excluding diaryl/α,β-unsaturated/α-hetero) is 1. The van der Waals surface area contributed by atoms with E-state index in [-0.39, 0.29) is 48.7 Å². The molecule has 1 aromatic carbocycles. The number of ether oxygens (including phenoxy) is 1. The van der Waals surface area contributed by atoms with Gasteiger partial charge in [-0.05, 0) is 61.6 Å². The Bertz CT molecular complexity index is 1290. The molecule has 230 valence electrons. The van der Waals surface area contributed by atoms with Crippen LogP contribution in [-0.4, -0.2) is 81.1 Å². The maximum Gasteiger partial charge on any atom is 0.308 e. The average Bonchev–Trinajstić information content (AvgIpc) is 2.90. The van der Waals surface area contributed by atoms with Crippen molar-refractivity contribution in [1.29, 1.82) is 0 Å². The fourth-order valence-corrected chi connectivity index (χ4v) is 8.10. The molecule has 3 aliphatic rings. The zero-order valence-corrected chi connectivity index (χ0v) is 25.5. The summed E-state index contributed by atoms with van der Waals surface area (Å²) in [7, 11) is 3.76. The molecule has 2 fully saturated rings. The number of allylic oxidation sites excluding steroid dienone is 1. The smallest absolute Gasteiger partial charge is 0.308 e. The lowest BCUT2D eigenvalue weighted by Gasteiger charge is -2.62. The largest absolute Gasteiger partial charge is 0.481 e. The number of rotatable bonds is 7. The zero-order chi connectivity index (χ0) is 31.4. The molecule has 9 nitrogen and oxygen atoms in total. The molecule has 2 saturated carbocycles. The fraction of sp³-hybridized carbons (Fsp3) is 0.606. The summed E-state index contributed by atoms with van der Waals surface area (Å²) < 4.78 is 5.98. The van der Waals surface area contributed by atoms with Crippen molar-refractivity contribution >= 4 is 17.7 Å². The van der Waals surface area contributed by atoms with Crippen molar-refractivity contribution in [3.8, 4) is 0 Å². The van der Waals surface area contributed by atoms with E-state index >= 15 is 0 Å². The highest BCUT2D eigenvalue weighted by atomic mass is 16.5. The summed E-state index contributed by atoms with van der Waals surface area (Å²) in [6.45, 7) is 11.1.